The van der Waals surface area contributed by atoms with E-state index in [9.17, 15) is 19.4 Å². The van der Waals surface area contributed by atoms with Gasteiger partial charge in [-0.05, 0) is 38.0 Å². The summed E-state index contributed by atoms with van der Waals surface area (Å²) in [6.07, 6.45) is 0.272. The number of benzene rings is 1. The molecule has 2 aliphatic rings. The summed E-state index contributed by atoms with van der Waals surface area (Å²) in [6, 6.07) is 4.03. The van der Waals surface area contributed by atoms with Gasteiger partial charge in [-0.15, -0.1) is 0 Å². The van der Waals surface area contributed by atoms with Crippen molar-refractivity contribution in [3.8, 4) is 5.75 Å². The summed E-state index contributed by atoms with van der Waals surface area (Å²) in [7, 11) is 1.35. The fraction of sp³-hybridized carbons (Fsp3) is 0.611. The lowest BCUT2D eigenvalue weighted by atomic mass is 9.75. The van der Waals surface area contributed by atoms with Gasteiger partial charge in [-0.25, -0.2) is 4.39 Å². The fourth-order valence-corrected chi connectivity index (χ4v) is 3.72. The Morgan fingerprint density at radius 3 is 2.68 bits per heavy atom. The Balaban J connectivity index is 1.71. The van der Waals surface area contributed by atoms with Crippen molar-refractivity contribution in [1.29, 1.82) is 0 Å². The molecule has 138 valence electrons. The Hall–Kier alpha value is -1.70. The van der Waals surface area contributed by atoms with Gasteiger partial charge in [0.05, 0.1) is 19.3 Å². The van der Waals surface area contributed by atoms with Crippen LogP contribution in [0.1, 0.15) is 36.5 Å². The van der Waals surface area contributed by atoms with E-state index in [0.717, 1.165) is 0 Å². The van der Waals surface area contributed by atoms with Crippen molar-refractivity contribution < 1.29 is 28.9 Å². The van der Waals surface area contributed by atoms with E-state index < -0.39 is 23.1 Å². The van der Waals surface area contributed by atoms with Crippen molar-refractivity contribution in [1.82, 2.24) is 4.90 Å². The minimum atomic E-state index is -1.19. The average Bonchev–Trinajstić information content (AvgIpc) is 2.60. The number of ether oxygens (including phenoxy) is 2. The van der Waals surface area contributed by atoms with E-state index in [1.54, 1.807) is 11.8 Å². The molecule has 6 nitrogen and oxygen atoms in total. The van der Waals surface area contributed by atoms with Gasteiger partial charge in [-0.1, -0.05) is 0 Å². The molecule has 2 fully saturated rings. The first-order valence-electron chi connectivity index (χ1n) is 8.46. The highest BCUT2D eigenvalue weighted by molar-refractivity contribution is 5.94. The molecule has 2 heterocycles. The quantitative estimate of drug-likeness (QED) is 0.839. The molecular weight excluding hydrogens is 329 g/mol. The van der Waals surface area contributed by atoms with Crippen LogP contribution in [0.25, 0.3) is 0 Å². The number of carbonyl (C=O) groups is 1. The van der Waals surface area contributed by atoms with Gasteiger partial charge in [0.15, 0.2) is 11.6 Å². The highest BCUT2D eigenvalue weighted by Crippen LogP contribution is 2.40. The number of amides is 1. The number of methoxy groups -OCH3 is 1. The maximum atomic E-state index is 13.5. The SMILES string of the molecule is COc1cc(C(=O)N2CCC3(CC2)OCC[C@@](C)(O)[C@@H]3O)ccc1F. The number of rotatable bonds is 2. The van der Waals surface area contributed by atoms with Gasteiger partial charge in [-0.2, -0.15) is 0 Å². The molecule has 1 amide bonds. The Kier molecular flexibility index (Phi) is 4.74. The van der Waals surface area contributed by atoms with Crippen LogP contribution >= 0.6 is 0 Å². The van der Waals surface area contributed by atoms with Crippen LogP contribution in [0.4, 0.5) is 4.39 Å². The van der Waals surface area contributed by atoms with E-state index in [1.807, 2.05) is 0 Å². The lowest BCUT2D eigenvalue weighted by Gasteiger charge is -2.51. The Morgan fingerprint density at radius 1 is 1.36 bits per heavy atom. The summed E-state index contributed by atoms with van der Waals surface area (Å²) >= 11 is 0. The van der Waals surface area contributed by atoms with Crippen molar-refractivity contribution >= 4 is 5.91 Å². The van der Waals surface area contributed by atoms with E-state index in [0.29, 0.717) is 44.5 Å². The van der Waals surface area contributed by atoms with Gasteiger partial charge in [0.1, 0.15) is 11.7 Å². The molecule has 1 aromatic rings. The molecule has 1 spiro atoms. The van der Waals surface area contributed by atoms with Crippen LogP contribution in [-0.4, -0.2) is 65.1 Å². The molecule has 2 saturated heterocycles. The number of halogens is 1. The van der Waals surface area contributed by atoms with Gasteiger partial charge in [0.25, 0.3) is 5.91 Å². The monoisotopic (exact) mass is 353 g/mol. The van der Waals surface area contributed by atoms with Crippen molar-refractivity contribution in [2.45, 2.75) is 43.5 Å². The number of aliphatic hydroxyl groups excluding tert-OH is 1. The summed E-state index contributed by atoms with van der Waals surface area (Å²) in [6.45, 7) is 2.79. The lowest BCUT2D eigenvalue weighted by molar-refractivity contribution is -0.244. The summed E-state index contributed by atoms with van der Waals surface area (Å²) in [4.78, 5) is 14.3. The second-order valence-electron chi connectivity index (χ2n) is 7.06. The standard InChI is InChI=1S/C18H24FNO5/c1-17(23)7-10-25-18(16(17)22)5-8-20(9-6-18)15(21)12-3-4-13(19)14(11-12)24-2/h3-4,11,16,22-23H,5-10H2,1-2H3/t16-,17+/m0/s1. The van der Waals surface area contributed by atoms with Gasteiger partial charge in [-0.3, -0.25) is 4.79 Å². The van der Waals surface area contributed by atoms with Crippen molar-refractivity contribution in [3.05, 3.63) is 29.6 Å². The molecule has 25 heavy (non-hydrogen) atoms. The molecule has 0 unspecified atom stereocenters. The van der Waals surface area contributed by atoms with Crippen molar-refractivity contribution in [2.24, 2.45) is 0 Å². The Bertz CT molecular complexity index is 655. The second kappa shape index (κ2) is 6.55. The van der Waals surface area contributed by atoms with Gasteiger partial charge >= 0.3 is 0 Å². The fourth-order valence-electron chi connectivity index (χ4n) is 3.72. The zero-order valence-electron chi connectivity index (χ0n) is 14.5. The Morgan fingerprint density at radius 2 is 2.04 bits per heavy atom. The number of likely N-dealkylation sites (tertiary alicyclic amines) is 1. The third-order valence-electron chi connectivity index (χ3n) is 5.38. The van der Waals surface area contributed by atoms with E-state index in [2.05, 4.69) is 0 Å². The molecule has 0 saturated carbocycles. The molecule has 7 heteroatoms. The number of aliphatic hydroxyl groups is 2. The molecule has 3 rings (SSSR count). The van der Waals surface area contributed by atoms with Gasteiger partial charge in [0, 0.05) is 25.1 Å². The van der Waals surface area contributed by atoms with Crippen LogP contribution in [0.3, 0.4) is 0 Å². The van der Waals surface area contributed by atoms with E-state index in [1.165, 1.54) is 25.3 Å². The first-order chi connectivity index (χ1) is 11.8. The summed E-state index contributed by atoms with van der Waals surface area (Å²) in [5.41, 5.74) is -1.65. The topological polar surface area (TPSA) is 79.2 Å². The zero-order valence-corrected chi connectivity index (χ0v) is 14.5. The van der Waals surface area contributed by atoms with E-state index in [-0.39, 0.29) is 11.7 Å². The first-order valence-corrected chi connectivity index (χ1v) is 8.46. The zero-order chi connectivity index (χ0) is 18.2. The van der Waals surface area contributed by atoms with Gasteiger partial charge < -0.3 is 24.6 Å². The molecule has 0 radical (unpaired) electrons. The number of hydrogen-bond acceptors (Lipinski definition) is 5. The molecule has 0 bridgehead atoms. The second-order valence-corrected chi connectivity index (χ2v) is 7.06. The molecule has 0 aromatic heterocycles. The van der Waals surface area contributed by atoms with Crippen LogP contribution in [0, 0.1) is 5.82 Å². The van der Waals surface area contributed by atoms with E-state index >= 15 is 0 Å². The molecule has 2 atom stereocenters. The largest absolute Gasteiger partial charge is 0.494 e. The van der Waals surface area contributed by atoms with Crippen LogP contribution < -0.4 is 4.74 Å². The molecule has 1 aromatic carbocycles. The van der Waals surface area contributed by atoms with Crippen LogP contribution in [0.2, 0.25) is 0 Å². The number of piperidine rings is 1. The first kappa shape index (κ1) is 18.1. The predicted octanol–water partition coefficient (Wildman–Crippen LogP) is 1.34. The smallest absolute Gasteiger partial charge is 0.253 e. The van der Waals surface area contributed by atoms with Gasteiger partial charge in [0.2, 0.25) is 0 Å². The van der Waals surface area contributed by atoms with Crippen molar-refractivity contribution in [3.63, 3.8) is 0 Å². The minimum Gasteiger partial charge on any atom is -0.494 e. The van der Waals surface area contributed by atoms with Crippen LogP contribution in [-0.2, 0) is 4.74 Å². The molecule has 2 aliphatic heterocycles. The minimum absolute atomic E-state index is 0.0291. The normalized spacial score (nSPS) is 28.8. The maximum Gasteiger partial charge on any atom is 0.253 e. The summed E-state index contributed by atoms with van der Waals surface area (Å²) in [5.74, 6) is -0.704. The third kappa shape index (κ3) is 3.23. The molecule has 0 aliphatic carbocycles. The number of carbonyl (C=O) groups excluding carboxylic acids is 1. The molecular formula is C18H24FNO5. The lowest BCUT2D eigenvalue weighted by Crippen LogP contribution is -2.64. The third-order valence-corrected chi connectivity index (χ3v) is 5.38. The van der Waals surface area contributed by atoms with E-state index in [4.69, 9.17) is 9.47 Å². The number of hydrogen-bond donors (Lipinski definition) is 2. The maximum absolute atomic E-state index is 13.5. The highest BCUT2D eigenvalue weighted by Gasteiger charge is 2.52. The Labute approximate surface area is 146 Å². The average molecular weight is 353 g/mol. The predicted molar refractivity (Wildman–Crippen MR) is 88.0 cm³/mol. The highest BCUT2D eigenvalue weighted by atomic mass is 19.1. The van der Waals surface area contributed by atoms with Crippen molar-refractivity contribution in [2.75, 3.05) is 26.8 Å². The summed E-state index contributed by atoms with van der Waals surface area (Å²) < 4.78 is 24.3. The molecule has 2 N–H and O–H groups in total. The summed E-state index contributed by atoms with van der Waals surface area (Å²) in [5, 5.41) is 20.9. The van der Waals surface area contributed by atoms with Crippen LogP contribution in [0.15, 0.2) is 18.2 Å². The number of nitrogens with zero attached hydrogens (tertiary/aromatic N) is 1. The van der Waals surface area contributed by atoms with Crippen LogP contribution in [0.5, 0.6) is 5.75 Å².